The minimum atomic E-state index is -4.34. The lowest BCUT2D eigenvalue weighted by Gasteiger charge is -2.06. The van der Waals surface area contributed by atoms with Gasteiger partial charge in [-0.05, 0) is 37.9 Å². The fourth-order valence-electron chi connectivity index (χ4n) is 0.576. The Labute approximate surface area is 83.2 Å². The Bertz CT molecular complexity index is 297. The van der Waals surface area contributed by atoms with Crippen molar-refractivity contribution in [2.24, 2.45) is 0 Å². The van der Waals surface area contributed by atoms with Crippen LogP contribution in [0.4, 0.5) is 13.2 Å². The number of halogens is 5. The zero-order chi connectivity index (χ0) is 9.35. The molecule has 1 heterocycles. The van der Waals surface area contributed by atoms with Crippen molar-refractivity contribution in [3.05, 3.63) is 26.9 Å². The first-order valence-corrected chi connectivity index (χ1v) is 4.38. The van der Waals surface area contributed by atoms with Gasteiger partial charge in [0.25, 0.3) is 0 Å². The van der Waals surface area contributed by atoms with E-state index in [1.54, 1.807) is 0 Å². The van der Waals surface area contributed by atoms with E-state index in [1.165, 1.54) is 0 Å². The average Bonchev–Trinajstić information content (AvgIpc) is 1.92. The molecule has 0 unspecified atom stereocenters. The third-order valence-corrected chi connectivity index (χ3v) is 2.89. The fourth-order valence-corrected chi connectivity index (χ4v) is 1.14. The molecule has 1 aromatic rings. The number of pyridine rings is 1. The van der Waals surface area contributed by atoms with E-state index < -0.39 is 11.7 Å². The summed E-state index contributed by atoms with van der Waals surface area (Å²) < 4.78 is 36.7. The van der Waals surface area contributed by atoms with Crippen molar-refractivity contribution >= 4 is 31.9 Å². The van der Waals surface area contributed by atoms with E-state index in [1.807, 2.05) is 0 Å². The maximum atomic E-state index is 12.0. The minimum absolute atomic E-state index is 0.289. The number of aromatic nitrogens is 1. The molecule has 1 nitrogen and oxygen atoms in total. The van der Waals surface area contributed by atoms with Crippen LogP contribution in [0, 0.1) is 0 Å². The second-order valence-electron chi connectivity index (χ2n) is 1.99. The van der Waals surface area contributed by atoms with E-state index >= 15 is 0 Å². The molecule has 1 rings (SSSR count). The number of hydrogen-bond donors (Lipinski definition) is 0. The van der Waals surface area contributed by atoms with Gasteiger partial charge < -0.3 is 0 Å². The number of rotatable bonds is 0. The van der Waals surface area contributed by atoms with E-state index in [4.69, 9.17) is 0 Å². The number of alkyl halides is 3. The van der Waals surface area contributed by atoms with Crippen LogP contribution in [0.2, 0.25) is 0 Å². The molecule has 1 aromatic heterocycles. The third-order valence-electron chi connectivity index (χ3n) is 1.12. The van der Waals surface area contributed by atoms with Gasteiger partial charge in [0.05, 0.1) is 10.0 Å². The summed E-state index contributed by atoms with van der Waals surface area (Å²) in [5.41, 5.74) is -0.766. The monoisotopic (exact) mass is 303 g/mol. The standard InChI is InChI=1S/C6H2Br2F3N/c7-4-1-3(6(9,10)11)2-12-5(4)8/h1-2H. The summed E-state index contributed by atoms with van der Waals surface area (Å²) in [4.78, 5) is 3.49. The van der Waals surface area contributed by atoms with Crippen LogP contribution in [0.5, 0.6) is 0 Å². The second-order valence-corrected chi connectivity index (χ2v) is 3.60. The van der Waals surface area contributed by atoms with E-state index in [2.05, 4.69) is 36.8 Å². The van der Waals surface area contributed by atoms with E-state index in [9.17, 15) is 13.2 Å². The molecule has 0 fully saturated rings. The van der Waals surface area contributed by atoms with Crippen LogP contribution in [-0.4, -0.2) is 4.98 Å². The molecule has 0 N–H and O–H groups in total. The maximum Gasteiger partial charge on any atom is 0.417 e. The van der Waals surface area contributed by atoms with E-state index in [-0.39, 0.29) is 4.47 Å². The van der Waals surface area contributed by atoms with Gasteiger partial charge in [-0.2, -0.15) is 13.2 Å². The molecule has 0 aliphatic heterocycles. The van der Waals surface area contributed by atoms with Gasteiger partial charge in [0.15, 0.2) is 0 Å². The van der Waals surface area contributed by atoms with Crippen molar-refractivity contribution in [2.45, 2.75) is 6.18 Å². The summed E-state index contributed by atoms with van der Waals surface area (Å²) in [6.07, 6.45) is -3.56. The van der Waals surface area contributed by atoms with Crippen LogP contribution < -0.4 is 0 Å². The van der Waals surface area contributed by atoms with Crippen LogP contribution in [-0.2, 0) is 6.18 Å². The molecule has 0 spiro atoms. The highest BCUT2D eigenvalue weighted by Gasteiger charge is 2.31. The van der Waals surface area contributed by atoms with Gasteiger partial charge in [0.1, 0.15) is 4.60 Å². The van der Waals surface area contributed by atoms with Crippen LogP contribution in [0.3, 0.4) is 0 Å². The summed E-state index contributed by atoms with van der Waals surface area (Å²) in [7, 11) is 0. The fraction of sp³-hybridized carbons (Fsp3) is 0.167. The highest BCUT2D eigenvalue weighted by Crippen LogP contribution is 2.32. The molecule has 0 amide bonds. The summed E-state index contributed by atoms with van der Waals surface area (Å²) >= 11 is 5.90. The smallest absolute Gasteiger partial charge is 0.248 e. The molecule has 0 atom stereocenters. The number of hydrogen-bond acceptors (Lipinski definition) is 1. The Morgan fingerprint density at radius 1 is 1.25 bits per heavy atom. The van der Waals surface area contributed by atoms with Crippen molar-refractivity contribution in [1.29, 1.82) is 0 Å². The molecule has 0 aliphatic rings. The molecule has 0 bridgehead atoms. The summed E-state index contributed by atoms with van der Waals surface area (Å²) in [5.74, 6) is 0. The highest BCUT2D eigenvalue weighted by atomic mass is 79.9. The predicted octanol–water partition coefficient (Wildman–Crippen LogP) is 3.63. The molecular weight excluding hydrogens is 303 g/mol. The first-order valence-electron chi connectivity index (χ1n) is 2.79. The van der Waals surface area contributed by atoms with Gasteiger partial charge in [-0.3, -0.25) is 0 Å². The van der Waals surface area contributed by atoms with Crippen molar-refractivity contribution in [3.63, 3.8) is 0 Å². The summed E-state index contributed by atoms with van der Waals surface area (Å²) in [6.45, 7) is 0. The molecular formula is C6H2Br2F3N. The maximum absolute atomic E-state index is 12.0. The first-order chi connectivity index (χ1) is 5.41. The lowest BCUT2D eigenvalue weighted by molar-refractivity contribution is -0.137. The van der Waals surface area contributed by atoms with Crippen LogP contribution in [0.25, 0.3) is 0 Å². The normalized spacial score (nSPS) is 11.8. The van der Waals surface area contributed by atoms with Gasteiger partial charge in [-0.25, -0.2) is 4.98 Å². The lowest BCUT2D eigenvalue weighted by Crippen LogP contribution is -2.05. The molecule has 0 radical (unpaired) electrons. The average molecular weight is 305 g/mol. The predicted molar refractivity (Wildman–Crippen MR) is 44.6 cm³/mol. The summed E-state index contributed by atoms with van der Waals surface area (Å²) in [6, 6.07) is 0.969. The zero-order valence-electron chi connectivity index (χ0n) is 5.49. The van der Waals surface area contributed by atoms with Crippen molar-refractivity contribution < 1.29 is 13.2 Å². The molecule has 66 valence electrons. The molecule has 6 heteroatoms. The zero-order valence-corrected chi connectivity index (χ0v) is 8.66. The largest absolute Gasteiger partial charge is 0.417 e. The van der Waals surface area contributed by atoms with Gasteiger partial charge in [-0.1, -0.05) is 0 Å². The first kappa shape index (κ1) is 9.98. The Morgan fingerprint density at radius 3 is 2.25 bits per heavy atom. The Morgan fingerprint density at radius 2 is 1.83 bits per heavy atom. The van der Waals surface area contributed by atoms with Crippen LogP contribution in [0.15, 0.2) is 21.3 Å². The van der Waals surface area contributed by atoms with E-state index in [0.29, 0.717) is 4.60 Å². The molecule has 12 heavy (non-hydrogen) atoms. The molecule has 0 saturated carbocycles. The van der Waals surface area contributed by atoms with Gasteiger partial charge in [0.2, 0.25) is 0 Å². The van der Waals surface area contributed by atoms with Crippen LogP contribution >= 0.6 is 31.9 Å². The van der Waals surface area contributed by atoms with Gasteiger partial charge >= 0.3 is 6.18 Å². The molecule has 0 saturated heterocycles. The van der Waals surface area contributed by atoms with Crippen molar-refractivity contribution in [2.75, 3.05) is 0 Å². The Kier molecular flexibility index (Phi) is 2.77. The second kappa shape index (κ2) is 3.33. The molecule has 0 aromatic carbocycles. The minimum Gasteiger partial charge on any atom is -0.248 e. The third kappa shape index (κ3) is 2.20. The Balaban J connectivity index is 3.14. The topological polar surface area (TPSA) is 12.9 Å². The van der Waals surface area contributed by atoms with Gasteiger partial charge in [-0.15, -0.1) is 0 Å². The van der Waals surface area contributed by atoms with Crippen molar-refractivity contribution in [1.82, 2.24) is 4.98 Å². The lowest BCUT2D eigenvalue weighted by atomic mass is 10.3. The number of nitrogens with zero attached hydrogens (tertiary/aromatic N) is 1. The van der Waals surface area contributed by atoms with Gasteiger partial charge in [0, 0.05) is 6.20 Å². The quantitative estimate of drug-likeness (QED) is 0.667. The summed E-state index contributed by atoms with van der Waals surface area (Å²) in [5, 5.41) is 0. The Hall–Kier alpha value is -0.100. The molecule has 0 aliphatic carbocycles. The van der Waals surface area contributed by atoms with E-state index in [0.717, 1.165) is 12.3 Å². The SMILES string of the molecule is FC(F)(F)c1cnc(Br)c(Br)c1. The highest BCUT2D eigenvalue weighted by molar-refractivity contribution is 9.13. The van der Waals surface area contributed by atoms with Crippen molar-refractivity contribution in [3.8, 4) is 0 Å². The van der Waals surface area contributed by atoms with Crippen LogP contribution in [0.1, 0.15) is 5.56 Å².